The van der Waals surface area contributed by atoms with E-state index >= 15 is 0 Å². The van der Waals surface area contributed by atoms with E-state index in [9.17, 15) is 4.39 Å². The number of hydrogen-bond acceptors (Lipinski definition) is 6. The number of alkyl halides is 1. The minimum atomic E-state index is -0.774. The minimum Gasteiger partial charge on any atom is -0.341 e. The van der Waals surface area contributed by atoms with E-state index in [1.807, 2.05) is 77.0 Å². The lowest BCUT2D eigenvalue weighted by atomic mass is 10.1. The molecule has 0 amide bonds. The van der Waals surface area contributed by atoms with E-state index in [0.29, 0.717) is 12.5 Å². The van der Waals surface area contributed by atoms with Gasteiger partial charge in [0.05, 0.1) is 17.6 Å². The number of benzene rings is 1. The molecule has 1 atom stereocenters. The van der Waals surface area contributed by atoms with E-state index in [-0.39, 0.29) is 0 Å². The average molecular weight is 599 g/mol. The third-order valence-corrected chi connectivity index (χ3v) is 8.33. The van der Waals surface area contributed by atoms with Gasteiger partial charge in [-0.1, -0.05) is 61.9 Å². The van der Waals surface area contributed by atoms with Crippen molar-refractivity contribution in [2.75, 3.05) is 19.0 Å². The molecule has 4 rings (SSSR count). The van der Waals surface area contributed by atoms with Crippen LogP contribution < -0.4 is 0 Å². The van der Waals surface area contributed by atoms with Crippen LogP contribution in [0.3, 0.4) is 0 Å². The molecule has 1 fully saturated rings. The van der Waals surface area contributed by atoms with Crippen molar-refractivity contribution in [3.05, 3.63) is 88.0 Å². The van der Waals surface area contributed by atoms with Crippen LogP contribution in [0.4, 0.5) is 4.39 Å². The van der Waals surface area contributed by atoms with Gasteiger partial charge in [0.2, 0.25) is 0 Å². The van der Waals surface area contributed by atoms with Gasteiger partial charge in [0.1, 0.15) is 6.17 Å². The first-order valence-corrected chi connectivity index (χ1v) is 16.5. The Morgan fingerprint density at radius 3 is 2.24 bits per heavy atom. The normalized spacial score (nSPS) is 19.8. The Hall–Kier alpha value is -2.35. The van der Waals surface area contributed by atoms with Crippen LogP contribution >= 0.6 is 23.7 Å². The summed E-state index contributed by atoms with van der Waals surface area (Å²) in [5.41, 5.74) is 3.27. The van der Waals surface area contributed by atoms with Gasteiger partial charge in [-0.3, -0.25) is 9.98 Å². The quantitative estimate of drug-likeness (QED) is 0.185. The smallest absolute Gasteiger partial charge is 0.119 e. The molecule has 0 radical (unpaired) electrons. The van der Waals surface area contributed by atoms with Gasteiger partial charge in [-0.05, 0) is 102 Å². The summed E-state index contributed by atoms with van der Waals surface area (Å²) in [5, 5.41) is 0. The van der Waals surface area contributed by atoms with Crippen LogP contribution in [0.5, 0.6) is 0 Å². The van der Waals surface area contributed by atoms with Crippen LogP contribution in [0.25, 0.3) is 5.70 Å². The van der Waals surface area contributed by atoms with Crippen molar-refractivity contribution in [2.24, 2.45) is 9.98 Å². The number of piperidine rings is 1. The molecule has 4 nitrogen and oxygen atoms in total. The maximum atomic E-state index is 13.2. The molecular formula is C34H51FN4S2. The van der Waals surface area contributed by atoms with E-state index in [2.05, 4.69) is 76.3 Å². The van der Waals surface area contributed by atoms with Gasteiger partial charge >= 0.3 is 0 Å². The zero-order valence-corrected chi connectivity index (χ0v) is 27.9. The van der Waals surface area contributed by atoms with Crippen LogP contribution in [0, 0.1) is 6.92 Å². The Morgan fingerprint density at radius 2 is 1.71 bits per heavy atom. The Kier molecular flexibility index (Phi) is 19.9. The summed E-state index contributed by atoms with van der Waals surface area (Å²) in [6.45, 7) is 20.0. The third-order valence-electron chi connectivity index (χ3n) is 6.20. The molecule has 3 aliphatic rings. The van der Waals surface area contributed by atoms with Gasteiger partial charge in [0.15, 0.2) is 0 Å². The highest BCUT2D eigenvalue weighted by Crippen LogP contribution is 2.29. The number of aryl methyl sites for hydroxylation is 1. The Balaban J connectivity index is 0.000000345. The number of aliphatic imine (C=N–C) groups is 2. The van der Waals surface area contributed by atoms with Crippen LogP contribution in [-0.2, 0) is 0 Å². The maximum Gasteiger partial charge on any atom is 0.119 e. The maximum absolute atomic E-state index is 13.2. The van der Waals surface area contributed by atoms with Gasteiger partial charge in [-0.25, -0.2) is 8.70 Å². The summed E-state index contributed by atoms with van der Waals surface area (Å²) in [4.78, 5) is 13.2. The molecule has 0 spiro atoms. The monoisotopic (exact) mass is 598 g/mol. The summed E-state index contributed by atoms with van der Waals surface area (Å²) >= 11 is 3.60. The molecule has 1 aromatic rings. The predicted molar refractivity (Wildman–Crippen MR) is 186 cm³/mol. The molecule has 2 aliphatic heterocycles. The molecule has 0 bridgehead atoms. The molecule has 0 N–H and O–H groups in total. The lowest BCUT2D eigenvalue weighted by Crippen LogP contribution is -2.30. The Bertz CT molecular complexity index is 1040. The third kappa shape index (κ3) is 15.5. The summed E-state index contributed by atoms with van der Waals surface area (Å²) in [7, 11) is 0. The highest BCUT2D eigenvalue weighted by atomic mass is 32.2. The number of hydrogen-bond donors (Lipinski definition) is 0. The van der Waals surface area contributed by atoms with Crippen molar-refractivity contribution in [1.29, 1.82) is 0 Å². The van der Waals surface area contributed by atoms with Gasteiger partial charge in [0, 0.05) is 36.0 Å². The molecule has 0 aromatic heterocycles. The van der Waals surface area contributed by atoms with Gasteiger partial charge in [-0.2, -0.15) is 0 Å². The van der Waals surface area contributed by atoms with Crippen molar-refractivity contribution in [3.8, 4) is 0 Å². The largest absolute Gasteiger partial charge is 0.341 e. The standard InChI is InChI=1S/C14H21FN2S.C14H16N2S.C4H8.C2H6/c1-2-16-13-8-10-17(11-9-13)18-14-5-3-4-12(15)6-7-14;1-11-4-6-13(7-5-11)14(15-3)9-16-8-12(2)17-10-16;1-3-4-2;1-2/h2,5-7,12-13H,3-4,8-11H2,1H3;4-9H,3,10H2,1-2H3;3-4H,1-2H3;1-2H3/b;14-9-;4-3+;. The number of rotatable bonds is 6. The molecule has 1 aliphatic carbocycles. The minimum absolute atomic E-state index is 0.501. The van der Waals surface area contributed by atoms with Crippen LogP contribution in [-0.4, -0.2) is 53.3 Å². The summed E-state index contributed by atoms with van der Waals surface area (Å²) in [5.74, 6) is 0.955. The first kappa shape index (κ1) is 36.7. The van der Waals surface area contributed by atoms with Crippen molar-refractivity contribution >= 4 is 42.3 Å². The average Bonchev–Trinajstić information content (AvgIpc) is 3.30. The topological polar surface area (TPSA) is 31.2 Å². The second kappa shape index (κ2) is 22.3. The number of nitrogens with zero attached hydrogens (tertiary/aromatic N) is 4. The molecule has 2 heterocycles. The first-order valence-electron chi connectivity index (χ1n) is 14.7. The van der Waals surface area contributed by atoms with Crippen molar-refractivity contribution in [1.82, 2.24) is 9.21 Å². The summed E-state index contributed by atoms with van der Waals surface area (Å²) in [6.07, 6.45) is 18.8. The lowest BCUT2D eigenvalue weighted by molar-refractivity contribution is 0.349. The van der Waals surface area contributed by atoms with E-state index < -0.39 is 6.17 Å². The summed E-state index contributed by atoms with van der Waals surface area (Å²) in [6, 6.07) is 8.84. The van der Waals surface area contributed by atoms with Gasteiger partial charge in [-0.15, -0.1) is 11.8 Å². The van der Waals surface area contributed by atoms with E-state index in [4.69, 9.17) is 0 Å². The highest BCUT2D eigenvalue weighted by Gasteiger charge is 2.19. The second-order valence-corrected chi connectivity index (χ2v) is 11.8. The van der Waals surface area contributed by atoms with Crippen LogP contribution in [0.1, 0.15) is 78.4 Å². The molecule has 226 valence electrons. The molecule has 1 unspecified atom stereocenters. The van der Waals surface area contributed by atoms with Crippen LogP contribution in [0.2, 0.25) is 0 Å². The fourth-order valence-corrected chi connectivity index (χ4v) is 5.64. The van der Waals surface area contributed by atoms with Crippen molar-refractivity contribution in [3.63, 3.8) is 0 Å². The van der Waals surface area contributed by atoms with Crippen molar-refractivity contribution < 1.29 is 4.39 Å². The fraction of sp³-hybridized carbons (Fsp3) is 0.471. The zero-order valence-electron chi connectivity index (χ0n) is 26.2. The lowest BCUT2D eigenvalue weighted by Gasteiger charge is -2.29. The molecule has 41 heavy (non-hydrogen) atoms. The van der Waals surface area contributed by atoms with Crippen molar-refractivity contribution in [2.45, 2.75) is 86.4 Å². The fourth-order valence-electron chi connectivity index (χ4n) is 3.91. The zero-order chi connectivity index (χ0) is 30.5. The van der Waals surface area contributed by atoms with E-state index in [0.717, 1.165) is 49.5 Å². The van der Waals surface area contributed by atoms with E-state index in [1.165, 1.54) is 15.4 Å². The number of thioether (sulfide) groups is 1. The first-order chi connectivity index (χ1) is 19.9. The second-order valence-electron chi connectivity index (χ2n) is 9.45. The molecule has 0 saturated carbocycles. The van der Waals surface area contributed by atoms with Gasteiger partial charge in [0.25, 0.3) is 0 Å². The SMILES string of the molecule is C/C=C/C.C=N/C(=C\N1C=C(C)SC1)c1ccc(C)cc1.CC.CC=NC1CCN(SC2=CCCC(F)C=C2)CC1. The van der Waals surface area contributed by atoms with Gasteiger partial charge < -0.3 is 4.90 Å². The Labute approximate surface area is 258 Å². The number of allylic oxidation sites excluding steroid dienone is 6. The molecule has 1 aromatic carbocycles. The van der Waals surface area contributed by atoms with Crippen LogP contribution in [0.15, 0.2) is 86.8 Å². The molecule has 1 saturated heterocycles. The summed E-state index contributed by atoms with van der Waals surface area (Å²) < 4.78 is 15.5. The molecular weight excluding hydrogens is 548 g/mol. The highest BCUT2D eigenvalue weighted by molar-refractivity contribution is 8.03. The predicted octanol–water partition coefficient (Wildman–Crippen LogP) is 10.2. The van der Waals surface area contributed by atoms with E-state index in [1.54, 1.807) is 18.0 Å². The Morgan fingerprint density at radius 1 is 1.05 bits per heavy atom. The molecule has 7 heteroatoms. The number of halogens is 1.